The maximum atomic E-state index is 13.7. The third kappa shape index (κ3) is 5.92. The normalized spacial score (nSPS) is 11.0. The summed E-state index contributed by atoms with van der Waals surface area (Å²) in [5.41, 5.74) is 3.25. The van der Waals surface area contributed by atoms with Crippen molar-refractivity contribution in [3.05, 3.63) is 71.0 Å². The Balaban J connectivity index is 1.59. The van der Waals surface area contributed by atoms with Gasteiger partial charge in [-0.3, -0.25) is 9.59 Å². The topological polar surface area (TPSA) is 93.8 Å². The number of H-pyrrole nitrogens is 1. The Morgan fingerprint density at radius 2 is 1.92 bits per heavy atom. The summed E-state index contributed by atoms with van der Waals surface area (Å²) in [4.78, 5) is 36.0. The number of fused-ring (bicyclic) bond motifs is 1. The number of para-hydroxylation sites is 1. The van der Waals surface area contributed by atoms with Crippen LogP contribution in [-0.2, 0) is 20.7 Å². The van der Waals surface area contributed by atoms with E-state index in [0.717, 1.165) is 31.9 Å². The first kappa shape index (κ1) is 25.4. The Hall–Kier alpha value is -3.69. The van der Waals surface area contributed by atoms with E-state index in [1.54, 1.807) is 7.11 Å². The minimum atomic E-state index is -0.482. The number of thiazole rings is 1. The number of hydrogen-bond acceptors (Lipinski definition) is 7. The number of carbonyl (C=O) groups excluding carboxylic acids is 2. The van der Waals surface area contributed by atoms with E-state index in [9.17, 15) is 9.59 Å². The van der Waals surface area contributed by atoms with Crippen molar-refractivity contribution in [1.29, 1.82) is 0 Å². The molecule has 0 fully saturated rings. The predicted molar refractivity (Wildman–Crippen MR) is 140 cm³/mol. The summed E-state index contributed by atoms with van der Waals surface area (Å²) >= 11 is 1.43. The smallest absolute Gasteiger partial charge is 0.325 e. The molecule has 4 aromatic rings. The van der Waals surface area contributed by atoms with E-state index in [1.807, 2.05) is 61.7 Å². The van der Waals surface area contributed by atoms with E-state index in [0.29, 0.717) is 37.6 Å². The van der Waals surface area contributed by atoms with Crippen LogP contribution in [0.1, 0.15) is 21.1 Å². The number of hydrogen-bond donors (Lipinski definition) is 1. The third-order valence-electron chi connectivity index (χ3n) is 5.75. The van der Waals surface area contributed by atoms with Crippen LogP contribution in [0.3, 0.4) is 0 Å². The number of amides is 1. The maximum absolute atomic E-state index is 13.7. The van der Waals surface area contributed by atoms with Gasteiger partial charge < -0.3 is 24.1 Å². The van der Waals surface area contributed by atoms with Crippen molar-refractivity contribution in [3.63, 3.8) is 0 Å². The molecule has 1 amide bonds. The van der Waals surface area contributed by atoms with Crippen LogP contribution in [0.4, 0.5) is 0 Å². The molecule has 0 saturated carbocycles. The zero-order valence-corrected chi connectivity index (χ0v) is 21.4. The van der Waals surface area contributed by atoms with E-state index < -0.39 is 5.97 Å². The number of benzene rings is 2. The molecule has 188 valence electrons. The van der Waals surface area contributed by atoms with Crippen LogP contribution in [-0.4, -0.2) is 67.3 Å². The number of esters is 1. The Labute approximate surface area is 213 Å². The van der Waals surface area contributed by atoms with Gasteiger partial charge in [-0.1, -0.05) is 30.3 Å². The predicted octanol–water partition coefficient (Wildman–Crippen LogP) is 4.48. The van der Waals surface area contributed by atoms with Gasteiger partial charge >= 0.3 is 5.97 Å². The molecule has 0 aliphatic heterocycles. The lowest BCUT2D eigenvalue weighted by Gasteiger charge is -2.21. The van der Waals surface area contributed by atoms with Gasteiger partial charge in [-0.2, -0.15) is 0 Å². The van der Waals surface area contributed by atoms with Crippen molar-refractivity contribution >= 4 is 34.1 Å². The van der Waals surface area contributed by atoms with E-state index in [-0.39, 0.29) is 12.5 Å². The fourth-order valence-corrected chi connectivity index (χ4v) is 4.86. The molecule has 0 radical (unpaired) electrons. The van der Waals surface area contributed by atoms with Crippen LogP contribution in [0.25, 0.3) is 21.3 Å². The van der Waals surface area contributed by atoms with Crippen LogP contribution in [0.15, 0.2) is 54.7 Å². The standard InChI is InChI=1S/C27H29N3O5S/c1-18-29-25(26(36-18)19-7-6-8-21(15-19)35-14-13-33-2)27(32)30(17-24(31)34-3)12-11-20-16-28-23-10-5-4-9-22(20)23/h4-10,15-16,28H,11-14,17H2,1-3H3. The van der Waals surface area contributed by atoms with Gasteiger partial charge in [-0.05, 0) is 42.7 Å². The first-order valence-electron chi connectivity index (χ1n) is 11.6. The molecular weight excluding hydrogens is 478 g/mol. The van der Waals surface area contributed by atoms with E-state index in [2.05, 4.69) is 9.97 Å². The Morgan fingerprint density at radius 1 is 1.08 bits per heavy atom. The average molecular weight is 508 g/mol. The zero-order chi connectivity index (χ0) is 25.5. The molecule has 0 aliphatic carbocycles. The summed E-state index contributed by atoms with van der Waals surface area (Å²) in [6, 6.07) is 15.5. The largest absolute Gasteiger partial charge is 0.491 e. The van der Waals surface area contributed by atoms with Crippen molar-refractivity contribution in [2.24, 2.45) is 0 Å². The van der Waals surface area contributed by atoms with Gasteiger partial charge in [0.15, 0.2) is 0 Å². The summed E-state index contributed by atoms with van der Waals surface area (Å²) in [6.45, 7) is 2.95. The van der Waals surface area contributed by atoms with Crippen LogP contribution >= 0.6 is 11.3 Å². The lowest BCUT2D eigenvalue weighted by atomic mass is 10.1. The van der Waals surface area contributed by atoms with Crippen molar-refractivity contribution in [2.45, 2.75) is 13.3 Å². The molecule has 0 aliphatic rings. The molecule has 1 N–H and O–H groups in total. The number of rotatable bonds is 11. The van der Waals surface area contributed by atoms with E-state index in [1.165, 1.54) is 23.3 Å². The second kappa shape index (κ2) is 11.8. The second-order valence-electron chi connectivity index (χ2n) is 8.19. The summed E-state index contributed by atoms with van der Waals surface area (Å²) in [7, 11) is 2.94. The Kier molecular flexibility index (Phi) is 8.35. The molecule has 0 unspecified atom stereocenters. The van der Waals surface area contributed by atoms with Gasteiger partial charge in [-0.15, -0.1) is 11.3 Å². The highest BCUT2D eigenvalue weighted by atomic mass is 32.1. The summed E-state index contributed by atoms with van der Waals surface area (Å²) < 4.78 is 15.7. The van der Waals surface area contributed by atoms with Crippen molar-refractivity contribution < 1.29 is 23.8 Å². The molecule has 8 nitrogen and oxygen atoms in total. The number of aromatic nitrogens is 2. The summed E-state index contributed by atoms with van der Waals surface area (Å²) in [5, 5.41) is 1.85. The number of carbonyl (C=O) groups is 2. The summed E-state index contributed by atoms with van der Waals surface area (Å²) in [5.74, 6) is -0.116. The Morgan fingerprint density at radius 3 is 2.72 bits per heavy atom. The van der Waals surface area contributed by atoms with Gasteiger partial charge in [0.1, 0.15) is 24.6 Å². The number of methoxy groups -OCH3 is 2. The maximum Gasteiger partial charge on any atom is 0.325 e. The number of nitrogens with zero attached hydrogens (tertiary/aromatic N) is 2. The van der Waals surface area contributed by atoms with Gasteiger partial charge in [0.2, 0.25) is 0 Å². The highest BCUT2D eigenvalue weighted by molar-refractivity contribution is 7.15. The summed E-state index contributed by atoms with van der Waals surface area (Å²) in [6.07, 6.45) is 2.52. The fourth-order valence-electron chi connectivity index (χ4n) is 3.95. The van der Waals surface area contributed by atoms with Crippen LogP contribution < -0.4 is 4.74 Å². The molecule has 2 heterocycles. The lowest BCUT2D eigenvalue weighted by Crippen LogP contribution is -2.38. The van der Waals surface area contributed by atoms with E-state index in [4.69, 9.17) is 14.2 Å². The molecule has 4 rings (SSSR count). The fraction of sp³-hybridized carbons (Fsp3) is 0.296. The second-order valence-corrected chi connectivity index (χ2v) is 9.40. The molecule has 0 spiro atoms. The Bertz CT molecular complexity index is 1350. The van der Waals surface area contributed by atoms with Crippen molar-refractivity contribution in [2.75, 3.05) is 40.5 Å². The average Bonchev–Trinajstić information content (AvgIpc) is 3.49. The molecule has 0 saturated heterocycles. The number of nitrogens with one attached hydrogen (secondary N) is 1. The first-order chi connectivity index (χ1) is 17.5. The minimum Gasteiger partial charge on any atom is -0.491 e. The van der Waals surface area contributed by atoms with Gasteiger partial charge in [0, 0.05) is 30.8 Å². The molecular formula is C27H29N3O5S. The number of aryl methyl sites for hydroxylation is 1. The van der Waals surface area contributed by atoms with Gasteiger partial charge in [0.05, 0.1) is 23.6 Å². The van der Waals surface area contributed by atoms with Crippen LogP contribution in [0.2, 0.25) is 0 Å². The highest BCUT2D eigenvalue weighted by Crippen LogP contribution is 2.33. The van der Waals surface area contributed by atoms with Crippen LogP contribution in [0.5, 0.6) is 5.75 Å². The number of aromatic amines is 1. The molecule has 9 heteroatoms. The minimum absolute atomic E-state index is 0.159. The molecule has 2 aromatic carbocycles. The molecule has 36 heavy (non-hydrogen) atoms. The molecule has 0 bridgehead atoms. The van der Waals surface area contributed by atoms with Gasteiger partial charge in [-0.25, -0.2) is 4.98 Å². The van der Waals surface area contributed by atoms with Crippen molar-refractivity contribution in [3.8, 4) is 16.2 Å². The molecule has 2 aromatic heterocycles. The monoisotopic (exact) mass is 507 g/mol. The number of ether oxygens (including phenoxy) is 3. The molecule has 0 atom stereocenters. The lowest BCUT2D eigenvalue weighted by molar-refractivity contribution is -0.141. The SMILES string of the molecule is COCCOc1cccc(-c2sc(C)nc2C(=O)N(CCc2c[nH]c3ccccc23)CC(=O)OC)c1. The van der Waals surface area contributed by atoms with Gasteiger partial charge in [0.25, 0.3) is 5.91 Å². The third-order valence-corrected chi connectivity index (χ3v) is 6.77. The quantitative estimate of drug-likeness (QED) is 0.238. The first-order valence-corrected chi connectivity index (χ1v) is 12.4. The van der Waals surface area contributed by atoms with Crippen molar-refractivity contribution in [1.82, 2.24) is 14.9 Å². The highest BCUT2D eigenvalue weighted by Gasteiger charge is 2.26. The zero-order valence-electron chi connectivity index (χ0n) is 20.6. The van der Waals surface area contributed by atoms with E-state index >= 15 is 0 Å². The van der Waals surface area contributed by atoms with Crippen LogP contribution in [0, 0.1) is 6.92 Å².